The van der Waals surface area contributed by atoms with Gasteiger partial charge in [-0.25, -0.2) is 5.43 Å². The first-order chi connectivity index (χ1) is 10.9. The molecule has 0 saturated carbocycles. The van der Waals surface area contributed by atoms with Gasteiger partial charge in [0.1, 0.15) is 0 Å². The average molecular weight is 371 g/mol. The van der Waals surface area contributed by atoms with Crippen molar-refractivity contribution >= 4 is 52.1 Å². The first kappa shape index (κ1) is 17.6. The van der Waals surface area contributed by atoms with Crippen molar-refractivity contribution in [2.45, 2.75) is 6.92 Å². The molecule has 120 valence electrons. The Morgan fingerprint density at radius 2 is 1.65 bits per heavy atom. The van der Waals surface area contributed by atoms with Crippen LogP contribution in [-0.4, -0.2) is 18.7 Å². The standard InChI is InChI=1S/C16H14Cl3N3O/c1-9(13-7-10(17)4-6-15(13)20-2)21-22-16(23)12-5-3-11(18)8-14(12)19/h3-8,20H,1-2H3,(H,22,23)/b21-9+. The van der Waals surface area contributed by atoms with E-state index in [1.54, 1.807) is 38.2 Å². The molecule has 2 rings (SSSR count). The minimum Gasteiger partial charge on any atom is -0.388 e. The maximum atomic E-state index is 12.1. The Hall–Kier alpha value is -1.75. The molecule has 0 saturated heterocycles. The van der Waals surface area contributed by atoms with Gasteiger partial charge in [0.25, 0.3) is 5.91 Å². The molecule has 0 aliphatic carbocycles. The van der Waals surface area contributed by atoms with Gasteiger partial charge in [-0.15, -0.1) is 0 Å². The Morgan fingerprint density at radius 3 is 2.30 bits per heavy atom. The molecule has 4 nitrogen and oxygen atoms in total. The van der Waals surface area contributed by atoms with Gasteiger partial charge >= 0.3 is 0 Å². The summed E-state index contributed by atoms with van der Waals surface area (Å²) in [6.45, 7) is 1.77. The van der Waals surface area contributed by atoms with Crippen LogP contribution in [0.4, 0.5) is 5.69 Å². The van der Waals surface area contributed by atoms with Crippen LogP contribution in [0.25, 0.3) is 0 Å². The van der Waals surface area contributed by atoms with E-state index in [1.807, 2.05) is 6.07 Å². The van der Waals surface area contributed by atoms with Crippen LogP contribution in [0.15, 0.2) is 41.5 Å². The molecule has 2 aromatic rings. The molecule has 0 atom stereocenters. The van der Waals surface area contributed by atoms with Crippen molar-refractivity contribution < 1.29 is 4.79 Å². The highest BCUT2D eigenvalue weighted by Gasteiger charge is 2.11. The van der Waals surface area contributed by atoms with Crippen molar-refractivity contribution in [2.75, 3.05) is 12.4 Å². The molecule has 23 heavy (non-hydrogen) atoms. The number of rotatable bonds is 4. The molecule has 0 fully saturated rings. The molecule has 0 heterocycles. The van der Waals surface area contributed by atoms with Gasteiger partial charge in [0, 0.05) is 28.3 Å². The van der Waals surface area contributed by atoms with Crippen LogP contribution >= 0.6 is 34.8 Å². The monoisotopic (exact) mass is 369 g/mol. The van der Waals surface area contributed by atoms with E-state index in [1.165, 1.54) is 6.07 Å². The third kappa shape index (κ3) is 4.38. The van der Waals surface area contributed by atoms with Gasteiger partial charge in [-0.2, -0.15) is 5.10 Å². The Balaban J connectivity index is 2.22. The number of hydrazone groups is 1. The smallest absolute Gasteiger partial charge is 0.272 e. The summed E-state index contributed by atoms with van der Waals surface area (Å²) in [6, 6.07) is 10.0. The maximum absolute atomic E-state index is 12.1. The van der Waals surface area contributed by atoms with Crippen molar-refractivity contribution in [3.8, 4) is 0 Å². The second kappa shape index (κ2) is 7.68. The van der Waals surface area contributed by atoms with E-state index in [0.717, 1.165) is 11.3 Å². The van der Waals surface area contributed by atoms with Crippen LogP contribution in [0.2, 0.25) is 15.1 Å². The fraction of sp³-hybridized carbons (Fsp3) is 0.125. The maximum Gasteiger partial charge on any atom is 0.272 e. The molecular formula is C16H14Cl3N3O. The summed E-state index contributed by atoms with van der Waals surface area (Å²) < 4.78 is 0. The molecule has 0 spiro atoms. The first-order valence-corrected chi connectivity index (χ1v) is 7.83. The molecule has 2 aromatic carbocycles. The molecule has 0 bridgehead atoms. The normalized spacial score (nSPS) is 11.3. The minimum absolute atomic E-state index is 0.265. The second-order valence-electron chi connectivity index (χ2n) is 4.70. The van der Waals surface area contributed by atoms with Gasteiger partial charge in [0.15, 0.2) is 0 Å². The summed E-state index contributed by atoms with van der Waals surface area (Å²) in [4.78, 5) is 12.1. The molecule has 0 aromatic heterocycles. The van der Waals surface area contributed by atoms with Crippen molar-refractivity contribution in [3.05, 3.63) is 62.6 Å². The fourth-order valence-corrected chi connectivity index (χ4v) is 2.63. The summed E-state index contributed by atoms with van der Waals surface area (Å²) in [6.07, 6.45) is 0. The van der Waals surface area contributed by atoms with E-state index in [0.29, 0.717) is 21.3 Å². The fourth-order valence-electron chi connectivity index (χ4n) is 1.96. The van der Waals surface area contributed by atoms with E-state index in [2.05, 4.69) is 15.8 Å². The third-order valence-electron chi connectivity index (χ3n) is 3.14. The zero-order valence-corrected chi connectivity index (χ0v) is 14.7. The molecule has 0 unspecified atom stereocenters. The Bertz CT molecular complexity index is 775. The summed E-state index contributed by atoms with van der Waals surface area (Å²) in [5.74, 6) is -0.418. The number of nitrogens with one attached hydrogen (secondary N) is 2. The molecule has 1 amide bonds. The third-order valence-corrected chi connectivity index (χ3v) is 3.92. The Kier molecular flexibility index (Phi) is 5.88. The van der Waals surface area contributed by atoms with E-state index in [9.17, 15) is 4.79 Å². The predicted octanol–water partition coefficient (Wildman–Crippen LogP) is 4.84. The van der Waals surface area contributed by atoms with E-state index >= 15 is 0 Å². The van der Waals surface area contributed by atoms with Crippen molar-refractivity contribution in [3.63, 3.8) is 0 Å². The average Bonchev–Trinajstić information content (AvgIpc) is 2.52. The minimum atomic E-state index is -0.418. The van der Waals surface area contributed by atoms with E-state index in [4.69, 9.17) is 34.8 Å². The number of amides is 1. The predicted molar refractivity (Wildman–Crippen MR) is 97.1 cm³/mol. The van der Waals surface area contributed by atoms with Gasteiger partial charge in [0.2, 0.25) is 0 Å². The highest BCUT2D eigenvalue weighted by atomic mass is 35.5. The van der Waals surface area contributed by atoms with Crippen LogP contribution < -0.4 is 10.7 Å². The van der Waals surface area contributed by atoms with Crippen LogP contribution in [-0.2, 0) is 0 Å². The summed E-state index contributed by atoms with van der Waals surface area (Å²) in [5.41, 5.74) is 5.03. The SMILES string of the molecule is CNc1ccc(Cl)cc1/C(C)=N/NC(=O)c1ccc(Cl)cc1Cl. The lowest BCUT2D eigenvalue weighted by molar-refractivity contribution is 0.0955. The van der Waals surface area contributed by atoms with Crippen molar-refractivity contribution in [1.29, 1.82) is 0 Å². The summed E-state index contributed by atoms with van der Waals surface area (Å²) >= 11 is 17.8. The lowest BCUT2D eigenvalue weighted by Crippen LogP contribution is -2.20. The number of hydrogen-bond donors (Lipinski definition) is 2. The number of nitrogens with zero attached hydrogens (tertiary/aromatic N) is 1. The lowest BCUT2D eigenvalue weighted by Gasteiger charge is -2.10. The molecule has 7 heteroatoms. The Morgan fingerprint density at radius 1 is 1.00 bits per heavy atom. The van der Waals surface area contributed by atoms with Crippen LogP contribution in [0.3, 0.4) is 0 Å². The molecule has 0 aliphatic rings. The van der Waals surface area contributed by atoms with E-state index in [-0.39, 0.29) is 5.02 Å². The molecule has 0 aliphatic heterocycles. The number of benzene rings is 2. The second-order valence-corrected chi connectivity index (χ2v) is 5.98. The van der Waals surface area contributed by atoms with Gasteiger partial charge in [-0.3, -0.25) is 4.79 Å². The van der Waals surface area contributed by atoms with Crippen LogP contribution in [0.1, 0.15) is 22.8 Å². The van der Waals surface area contributed by atoms with Crippen molar-refractivity contribution in [2.24, 2.45) is 5.10 Å². The zero-order valence-electron chi connectivity index (χ0n) is 12.5. The molecular weight excluding hydrogens is 357 g/mol. The number of anilines is 1. The summed E-state index contributed by atoms with van der Waals surface area (Å²) in [7, 11) is 1.80. The first-order valence-electron chi connectivity index (χ1n) is 6.69. The van der Waals surface area contributed by atoms with Gasteiger partial charge in [-0.05, 0) is 43.3 Å². The number of carbonyl (C=O) groups excluding carboxylic acids is 1. The molecule has 0 radical (unpaired) electrons. The number of hydrogen-bond acceptors (Lipinski definition) is 3. The van der Waals surface area contributed by atoms with E-state index < -0.39 is 5.91 Å². The van der Waals surface area contributed by atoms with Crippen LogP contribution in [0, 0.1) is 0 Å². The highest BCUT2D eigenvalue weighted by Crippen LogP contribution is 2.22. The quantitative estimate of drug-likeness (QED) is 0.597. The van der Waals surface area contributed by atoms with Crippen LogP contribution in [0.5, 0.6) is 0 Å². The molecule has 2 N–H and O–H groups in total. The number of carbonyl (C=O) groups is 1. The topological polar surface area (TPSA) is 53.5 Å². The highest BCUT2D eigenvalue weighted by molar-refractivity contribution is 6.36. The van der Waals surface area contributed by atoms with Gasteiger partial charge in [-0.1, -0.05) is 34.8 Å². The van der Waals surface area contributed by atoms with Gasteiger partial charge < -0.3 is 5.32 Å². The number of halogens is 3. The largest absolute Gasteiger partial charge is 0.388 e. The lowest BCUT2D eigenvalue weighted by atomic mass is 10.1. The van der Waals surface area contributed by atoms with Crippen molar-refractivity contribution in [1.82, 2.24) is 5.43 Å². The van der Waals surface area contributed by atoms with Gasteiger partial charge in [0.05, 0.1) is 16.3 Å². The Labute approximate surface area is 149 Å². The summed E-state index contributed by atoms with van der Waals surface area (Å²) in [5, 5.41) is 8.47. The zero-order chi connectivity index (χ0) is 17.0.